The molecule has 1 N–H and O–H groups in total. The van der Waals surface area contributed by atoms with E-state index >= 15 is 0 Å². The molecule has 3 rings (SSSR count). The molecule has 1 amide bonds. The fourth-order valence-electron chi connectivity index (χ4n) is 3.33. The van der Waals surface area contributed by atoms with E-state index in [2.05, 4.69) is 25.1 Å². The van der Waals surface area contributed by atoms with E-state index in [-0.39, 0.29) is 11.9 Å². The molecule has 1 aliphatic rings. The van der Waals surface area contributed by atoms with Crippen LogP contribution >= 0.6 is 11.3 Å². The van der Waals surface area contributed by atoms with Gasteiger partial charge in [0.1, 0.15) is 5.01 Å². The summed E-state index contributed by atoms with van der Waals surface area (Å²) in [5, 5.41) is 1.24. The number of benzene rings is 1. The smallest absolute Gasteiger partial charge is 0.280 e. The molecule has 1 saturated heterocycles. The van der Waals surface area contributed by atoms with Crippen LogP contribution in [0, 0.1) is 0 Å². The van der Waals surface area contributed by atoms with Gasteiger partial charge in [-0.2, -0.15) is 0 Å². The molecule has 4 nitrogen and oxygen atoms in total. The molecule has 1 aromatic carbocycles. The zero-order valence-electron chi connectivity index (χ0n) is 13.5. The molecule has 1 fully saturated rings. The summed E-state index contributed by atoms with van der Waals surface area (Å²) in [4.78, 5) is 20.1. The van der Waals surface area contributed by atoms with E-state index in [9.17, 15) is 4.79 Å². The van der Waals surface area contributed by atoms with Gasteiger partial charge in [-0.15, -0.1) is 11.3 Å². The van der Waals surface area contributed by atoms with E-state index in [1.807, 2.05) is 31.5 Å². The van der Waals surface area contributed by atoms with Crippen molar-refractivity contribution in [3.8, 4) is 0 Å². The number of nitrogens with one attached hydrogen (secondary N) is 1. The second kappa shape index (κ2) is 6.34. The van der Waals surface area contributed by atoms with Crippen molar-refractivity contribution in [2.75, 3.05) is 27.2 Å². The number of nitrogens with zero attached hydrogens (tertiary/aromatic N) is 2. The highest BCUT2D eigenvalue weighted by atomic mass is 32.1. The molecule has 118 valence electrons. The number of thiazole rings is 1. The zero-order valence-corrected chi connectivity index (χ0v) is 14.3. The molecule has 0 spiro atoms. The third kappa shape index (κ3) is 3.01. The van der Waals surface area contributed by atoms with Crippen molar-refractivity contribution < 1.29 is 9.69 Å². The standard InChI is InChI=1S/C17H23N3OS/c1-12(17(21)19(2)3)20-10-6-7-13(11-20)16-18-14-8-4-5-9-15(14)22-16/h4-5,8-9,12-13H,6-7,10-11H2,1-3H3/p+1/t12-,13+/m1/s1. The van der Waals surface area contributed by atoms with Crippen LogP contribution in [0.3, 0.4) is 0 Å². The van der Waals surface area contributed by atoms with Crippen LogP contribution in [0.5, 0.6) is 0 Å². The predicted octanol–water partition coefficient (Wildman–Crippen LogP) is 1.54. The number of hydrogen-bond acceptors (Lipinski definition) is 3. The molecule has 1 aliphatic heterocycles. The largest absolute Gasteiger partial charge is 0.344 e. The van der Waals surface area contributed by atoms with E-state index in [1.54, 1.807) is 4.90 Å². The van der Waals surface area contributed by atoms with Crippen LogP contribution in [0.15, 0.2) is 24.3 Å². The van der Waals surface area contributed by atoms with Gasteiger partial charge in [-0.25, -0.2) is 4.98 Å². The molecule has 2 aromatic rings. The van der Waals surface area contributed by atoms with Gasteiger partial charge in [0.2, 0.25) is 0 Å². The van der Waals surface area contributed by atoms with Crippen molar-refractivity contribution in [1.29, 1.82) is 0 Å². The average Bonchev–Trinajstić information content (AvgIpc) is 2.97. The molecule has 1 aromatic heterocycles. The molecule has 0 bridgehead atoms. The molecule has 5 heteroatoms. The Morgan fingerprint density at radius 2 is 2.18 bits per heavy atom. The van der Waals surface area contributed by atoms with Gasteiger partial charge in [0.25, 0.3) is 5.91 Å². The number of carbonyl (C=O) groups excluding carboxylic acids is 1. The molecular formula is C17H24N3OS+. The minimum atomic E-state index is 0.0344. The minimum Gasteiger partial charge on any atom is -0.344 e. The Bertz CT molecular complexity index is 634. The number of piperidine rings is 1. The summed E-state index contributed by atoms with van der Waals surface area (Å²) >= 11 is 1.81. The first-order valence-electron chi connectivity index (χ1n) is 7.97. The van der Waals surface area contributed by atoms with Crippen LogP contribution in [0.1, 0.15) is 30.7 Å². The van der Waals surface area contributed by atoms with Crippen molar-refractivity contribution in [2.45, 2.75) is 31.7 Å². The highest BCUT2D eigenvalue weighted by molar-refractivity contribution is 7.18. The number of likely N-dealkylation sites (N-methyl/N-ethyl adjacent to an activating group) is 1. The Balaban J connectivity index is 1.76. The van der Waals surface area contributed by atoms with E-state index in [0.29, 0.717) is 5.92 Å². The van der Waals surface area contributed by atoms with E-state index in [0.717, 1.165) is 18.6 Å². The van der Waals surface area contributed by atoms with Crippen LogP contribution in [-0.2, 0) is 4.79 Å². The van der Waals surface area contributed by atoms with Gasteiger partial charge in [0, 0.05) is 14.1 Å². The molecule has 0 saturated carbocycles. The lowest BCUT2D eigenvalue weighted by Gasteiger charge is -2.33. The van der Waals surface area contributed by atoms with E-state index in [4.69, 9.17) is 4.98 Å². The van der Waals surface area contributed by atoms with Gasteiger partial charge in [0.05, 0.1) is 29.2 Å². The van der Waals surface area contributed by atoms with Crippen LogP contribution in [0.25, 0.3) is 10.2 Å². The second-order valence-corrected chi connectivity index (χ2v) is 7.49. The van der Waals surface area contributed by atoms with Gasteiger partial charge in [-0.3, -0.25) is 4.79 Å². The lowest BCUT2D eigenvalue weighted by atomic mass is 9.97. The van der Waals surface area contributed by atoms with Crippen molar-refractivity contribution >= 4 is 27.5 Å². The summed E-state index contributed by atoms with van der Waals surface area (Å²) < 4.78 is 1.27. The number of carbonyl (C=O) groups is 1. The first-order chi connectivity index (χ1) is 10.6. The van der Waals surface area contributed by atoms with Crippen molar-refractivity contribution in [3.05, 3.63) is 29.3 Å². The average molecular weight is 318 g/mol. The van der Waals surface area contributed by atoms with Crippen LogP contribution in [0.2, 0.25) is 0 Å². The van der Waals surface area contributed by atoms with Crippen molar-refractivity contribution in [2.24, 2.45) is 0 Å². The zero-order chi connectivity index (χ0) is 15.7. The summed E-state index contributed by atoms with van der Waals surface area (Å²) in [7, 11) is 3.68. The van der Waals surface area contributed by atoms with Crippen LogP contribution in [-0.4, -0.2) is 49.0 Å². The van der Waals surface area contributed by atoms with Gasteiger partial charge < -0.3 is 9.80 Å². The summed E-state index contributed by atoms with van der Waals surface area (Å²) in [6.07, 6.45) is 2.35. The molecule has 22 heavy (non-hydrogen) atoms. The number of hydrogen-bond donors (Lipinski definition) is 1. The Labute approximate surface area is 135 Å². The summed E-state index contributed by atoms with van der Waals surface area (Å²) in [6.45, 7) is 4.15. The molecule has 0 radical (unpaired) electrons. The maximum atomic E-state index is 12.2. The van der Waals surface area contributed by atoms with Crippen LogP contribution in [0.4, 0.5) is 0 Å². The molecule has 0 aliphatic carbocycles. The maximum absolute atomic E-state index is 12.2. The Hall–Kier alpha value is -1.46. The molecule has 3 atom stereocenters. The number of quaternary nitrogens is 1. The number of likely N-dealkylation sites (tertiary alicyclic amines) is 1. The topological polar surface area (TPSA) is 37.6 Å². The quantitative estimate of drug-likeness (QED) is 0.932. The number of amides is 1. The highest BCUT2D eigenvalue weighted by Crippen LogP contribution is 2.30. The first kappa shape index (κ1) is 15.4. The highest BCUT2D eigenvalue weighted by Gasteiger charge is 2.33. The lowest BCUT2D eigenvalue weighted by Crippen LogP contribution is -3.17. The van der Waals surface area contributed by atoms with Crippen LogP contribution < -0.4 is 4.90 Å². The summed E-state index contributed by atoms with van der Waals surface area (Å²) in [5.41, 5.74) is 1.10. The van der Waals surface area contributed by atoms with Gasteiger partial charge in [-0.05, 0) is 31.9 Å². The second-order valence-electron chi connectivity index (χ2n) is 6.43. The maximum Gasteiger partial charge on any atom is 0.280 e. The van der Waals surface area contributed by atoms with E-state index < -0.39 is 0 Å². The predicted molar refractivity (Wildman–Crippen MR) is 90.4 cm³/mol. The fourth-order valence-corrected chi connectivity index (χ4v) is 4.43. The normalized spacial score (nSPS) is 23.4. The van der Waals surface area contributed by atoms with Gasteiger partial charge in [-0.1, -0.05) is 12.1 Å². The number of fused-ring (bicyclic) bond motifs is 1. The van der Waals surface area contributed by atoms with Crippen molar-refractivity contribution in [3.63, 3.8) is 0 Å². The van der Waals surface area contributed by atoms with E-state index in [1.165, 1.54) is 27.4 Å². The Morgan fingerprint density at radius 1 is 1.41 bits per heavy atom. The monoisotopic (exact) mass is 318 g/mol. The van der Waals surface area contributed by atoms with Gasteiger partial charge in [0.15, 0.2) is 6.04 Å². The number of aromatic nitrogens is 1. The summed E-state index contributed by atoms with van der Waals surface area (Å²) in [6, 6.07) is 8.37. The Morgan fingerprint density at radius 3 is 2.91 bits per heavy atom. The van der Waals surface area contributed by atoms with Crippen molar-refractivity contribution in [1.82, 2.24) is 9.88 Å². The lowest BCUT2D eigenvalue weighted by molar-refractivity contribution is -0.920. The third-order valence-corrected chi connectivity index (χ3v) is 5.84. The third-order valence-electron chi connectivity index (χ3n) is 4.64. The minimum absolute atomic E-state index is 0.0344. The fraction of sp³-hybridized carbons (Fsp3) is 0.529. The van der Waals surface area contributed by atoms with Gasteiger partial charge >= 0.3 is 0 Å². The number of rotatable bonds is 3. The Kier molecular flexibility index (Phi) is 4.45. The number of para-hydroxylation sites is 1. The first-order valence-corrected chi connectivity index (χ1v) is 8.79. The molecule has 2 heterocycles. The molecule has 1 unspecified atom stereocenters. The SMILES string of the molecule is C[C@H](C(=O)N(C)C)[NH+]1CCC[C@H](c2nc3ccccc3s2)C1. The summed E-state index contributed by atoms with van der Waals surface area (Å²) in [5.74, 6) is 0.707. The molecular weight excluding hydrogens is 294 g/mol.